The van der Waals surface area contributed by atoms with Crippen molar-refractivity contribution in [2.75, 3.05) is 7.11 Å². The summed E-state index contributed by atoms with van der Waals surface area (Å²) in [4.78, 5) is 0. The lowest BCUT2D eigenvalue weighted by Crippen LogP contribution is -1.76. The Morgan fingerprint density at radius 2 is 1.43 bits per heavy atom. The lowest BCUT2D eigenvalue weighted by molar-refractivity contribution is 0.399. The number of hydrogen-bond acceptors (Lipinski definition) is 1. The summed E-state index contributed by atoms with van der Waals surface area (Å²) in [5.41, 5.74) is 0. The number of aliphatic hydroxyl groups is 1. The van der Waals surface area contributed by atoms with Crippen molar-refractivity contribution in [3.8, 4) is 0 Å². The summed E-state index contributed by atoms with van der Waals surface area (Å²) in [7, 11) is 2.39. The van der Waals surface area contributed by atoms with Crippen molar-refractivity contribution in [1.82, 2.24) is 0 Å². The smallest absolute Gasteiger partial charge is 0.120 e. The third-order valence-electron chi connectivity index (χ3n) is 0.707. The highest BCUT2D eigenvalue weighted by Crippen LogP contribution is 1.77. The topological polar surface area (TPSA) is 20.2 Å². The van der Waals surface area contributed by atoms with Crippen molar-refractivity contribution < 1.29 is 5.11 Å². The molecule has 0 unspecified atom stereocenters. The minimum atomic E-state index is 1.00. The molecule has 0 radical (unpaired) electrons. The van der Waals surface area contributed by atoms with Crippen LogP contribution < -0.4 is 0 Å². The zero-order valence-corrected chi connectivity index (χ0v) is 5.57. The van der Waals surface area contributed by atoms with Gasteiger partial charge in [-0.2, -0.15) is 0 Å². The van der Waals surface area contributed by atoms with Gasteiger partial charge in [-0.15, -0.1) is 0 Å². The Labute approximate surface area is 47.0 Å². The van der Waals surface area contributed by atoms with Gasteiger partial charge in [0.25, 0.3) is 0 Å². The molecule has 0 saturated heterocycles. The van der Waals surface area contributed by atoms with Crippen LogP contribution in [0.1, 0.15) is 13.8 Å². The van der Waals surface area contributed by atoms with E-state index >= 15 is 0 Å². The molecule has 0 spiro atoms. The molecule has 7 heavy (non-hydrogen) atoms. The monoisotopic (exact) mass is 102 g/mol. The molecule has 0 saturated carbocycles. The first-order valence-corrected chi connectivity index (χ1v) is 2.86. The van der Waals surface area contributed by atoms with Crippen molar-refractivity contribution in [2.24, 2.45) is 0 Å². The minimum Gasteiger partial charge on any atom is -0.400 e. The number of rotatable bonds is 2. The fourth-order valence-corrected chi connectivity index (χ4v) is 0.354. The van der Waals surface area contributed by atoms with E-state index in [4.69, 9.17) is 5.11 Å². The first kappa shape index (κ1) is 10.1. The highest BCUT2D eigenvalue weighted by Gasteiger charge is 1.73. The number of hydrogen-bond donors (Lipinski definition) is 1. The van der Waals surface area contributed by atoms with Crippen molar-refractivity contribution in [2.45, 2.75) is 26.5 Å². The summed E-state index contributed by atoms with van der Waals surface area (Å²) >= 11 is 0. The van der Waals surface area contributed by atoms with Crippen molar-refractivity contribution in [1.29, 1.82) is 0 Å². The van der Waals surface area contributed by atoms with E-state index in [9.17, 15) is 0 Å². The van der Waals surface area contributed by atoms with Crippen LogP contribution >= 0.6 is 0 Å². The largest absolute Gasteiger partial charge is 0.400 e. The Kier molecular flexibility index (Phi) is 24.0. The van der Waals surface area contributed by atoms with Crippen LogP contribution in [0.25, 0.3) is 0 Å². The third-order valence-corrected chi connectivity index (χ3v) is 0.707. The fourth-order valence-electron chi connectivity index (χ4n) is 0.354. The van der Waals surface area contributed by atoms with Gasteiger partial charge in [0.15, 0.2) is 0 Å². The van der Waals surface area contributed by atoms with Crippen LogP contribution in [0.2, 0.25) is 12.6 Å². The Hall–Kier alpha value is 0.0249. The van der Waals surface area contributed by atoms with Gasteiger partial charge in [-0.1, -0.05) is 26.5 Å². The van der Waals surface area contributed by atoms with Crippen LogP contribution in [0.5, 0.6) is 0 Å². The van der Waals surface area contributed by atoms with E-state index in [0.717, 1.165) is 7.11 Å². The molecule has 0 aromatic rings. The summed E-state index contributed by atoms with van der Waals surface area (Å²) in [5.74, 6) is 0. The summed E-state index contributed by atoms with van der Waals surface area (Å²) in [5, 5.41) is 7.00. The molecule has 2 heteroatoms. The second-order valence-electron chi connectivity index (χ2n) is 1.35. The van der Waals surface area contributed by atoms with Crippen LogP contribution in [0.3, 0.4) is 0 Å². The fraction of sp³-hybridized carbons (Fsp3) is 1.00. The average Bonchev–Trinajstić information content (AvgIpc) is 1.75. The molecule has 0 fully saturated rings. The molecule has 1 nitrogen and oxygen atoms in total. The van der Waals surface area contributed by atoms with Gasteiger partial charge in [0.1, 0.15) is 7.28 Å². The summed E-state index contributed by atoms with van der Waals surface area (Å²) < 4.78 is 0. The quantitative estimate of drug-likeness (QED) is 0.513. The van der Waals surface area contributed by atoms with E-state index in [2.05, 4.69) is 13.8 Å². The summed E-state index contributed by atoms with van der Waals surface area (Å²) in [6.45, 7) is 4.42. The normalized spacial score (nSPS) is 6.29. The number of aliphatic hydroxyl groups excluding tert-OH is 1. The van der Waals surface area contributed by atoms with E-state index < -0.39 is 0 Å². The Bertz CT molecular complexity index is 15.6. The predicted octanol–water partition coefficient (Wildman–Crippen LogP) is 0.908. The van der Waals surface area contributed by atoms with E-state index in [1.54, 1.807) is 0 Å². The molecule has 0 bridgehead atoms. The van der Waals surface area contributed by atoms with Crippen molar-refractivity contribution in [3.05, 3.63) is 0 Å². The van der Waals surface area contributed by atoms with E-state index in [1.807, 2.05) is 0 Å². The maximum Gasteiger partial charge on any atom is 0.120 e. The molecule has 0 aliphatic heterocycles. The van der Waals surface area contributed by atoms with Gasteiger partial charge >= 0.3 is 0 Å². The summed E-state index contributed by atoms with van der Waals surface area (Å²) in [6, 6.07) is 0. The molecule has 0 aliphatic rings. The average molecular weight is 102 g/mol. The van der Waals surface area contributed by atoms with E-state index in [0.29, 0.717) is 0 Å². The van der Waals surface area contributed by atoms with Gasteiger partial charge in [0.2, 0.25) is 0 Å². The highest BCUT2D eigenvalue weighted by atomic mass is 16.2. The van der Waals surface area contributed by atoms with E-state index in [-0.39, 0.29) is 0 Å². The Morgan fingerprint density at radius 3 is 1.43 bits per heavy atom. The van der Waals surface area contributed by atoms with Gasteiger partial charge in [-0.25, -0.2) is 0 Å². The van der Waals surface area contributed by atoms with Gasteiger partial charge in [-0.3, -0.25) is 0 Å². The van der Waals surface area contributed by atoms with Crippen LogP contribution in [0.15, 0.2) is 0 Å². The van der Waals surface area contributed by atoms with Crippen LogP contribution in [-0.4, -0.2) is 19.5 Å². The first-order valence-electron chi connectivity index (χ1n) is 2.86. The molecule has 0 aliphatic carbocycles. The van der Waals surface area contributed by atoms with Gasteiger partial charge in [-0.05, 0) is 0 Å². The predicted molar refractivity (Wildman–Crippen MR) is 36.3 cm³/mol. The maximum absolute atomic E-state index is 7.00. The lowest BCUT2D eigenvalue weighted by Gasteiger charge is -1.75. The molecular formula is C5H15BO. The molecule has 0 rings (SSSR count). The SMILES string of the molecule is CCBCC.CO. The Balaban J connectivity index is 0. The van der Waals surface area contributed by atoms with Crippen LogP contribution in [0, 0.1) is 0 Å². The highest BCUT2D eigenvalue weighted by molar-refractivity contribution is 6.34. The van der Waals surface area contributed by atoms with Crippen LogP contribution in [0.4, 0.5) is 0 Å². The lowest BCUT2D eigenvalue weighted by atomic mass is 9.73. The molecule has 0 aromatic heterocycles. The van der Waals surface area contributed by atoms with Gasteiger partial charge in [0, 0.05) is 7.11 Å². The third kappa shape index (κ3) is 23.8. The van der Waals surface area contributed by atoms with E-state index in [1.165, 1.54) is 19.9 Å². The van der Waals surface area contributed by atoms with Gasteiger partial charge < -0.3 is 5.11 Å². The van der Waals surface area contributed by atoms with Crippen molar-refractivity contribution in [3.63, 3.8) is 0 Å². The second kappa shape index (κ2) is 16.6. The van der Waals surface area contributed by atoms with Gasteiger partial charge in [0.05, 0.1) is 0 Å². The van der Waals surface area contributed by atoms with Crippen LogP contribution in [-0.2, 0) is 0 Å². The zero-order valence-electron chi connectivity index (χ0n) is 5.57. The second-order valence-corrected chi connectivity index (χ2v) is 1.35. The summed E-state index contributed by atoms with van der Waals surface area (Å²) in [6.07, 6.45) is 2.69. The molecule has 0 amide bonds. The van der Waals surface area contributed by atoms with Crippen molar-refractivity contribution >= 4 is 7.28 Å². The standard InChI is InChI=1S/C4H11B.CH4O/c1-3-5-4-2;1-2/h5H,3-4H2,1-2H3;2H,1H3. The molecule has 0 heterocycles. The molecule has 0 aromatic carbocycles. The maximum atomic E-state index is 7.00. The zero-order chi connectivity index (χ0) is 6.12. The molecule has 1 N–H and O–H groups in total. The minimum absolute atomic E-state index is 1.00. The first-order chi connectivity index (χ1) is 3.41. The Morgan fingerprint density at radius 1 is 1.14 bits per heavy atom. The molecule has 44 valence electrons. The molecular weight excluding hydrogens is 86.9 g/mol. The molecule has 0 atom stereocenters.